The number of hydrogen-bond acceptors (Lipinski definition) is 2. The number of benzene rings is 2. The van der Waals surface area contributed by atoms with Crippen molar-refractivity contribution in [3.05, 3.63) is 104 Å². The van der Waals surface area contributed by atoms with Gasteiger partial charge in [0.2, 0.25) is 0 Å². The maximum Gasteiger partial charge on any atom is 0.263 e. The van der Waals surface area contributed by atoms with Gasteiger partial charge in [0.05, 0.1) is 6.54 Å². The lowest BCUT2D eigenvalue weighted by Crippen LogP contribution is -2.32. The van der Waals surface area contributed by atoms with Gasteiger partial charge in [0.25, 0.3) is 11.5 Å². The molecule has 0 unspecified atom stereocenters. The monoisotopic (exact) mass is 386 g/mol. The summed E-state index contributed by atoms with van der Waals surface area (Å²) in [6.07, 6.45) is 1.67. The SMILES string of the molecule is O=C(NCc1ccc(Cl)cc1Cl)c1cccn(Cc2ccccc2)c1=O. The second-order valence-electron chi connectivity index (χ2n) is 5.76. The van der Waals surface area contributed by atoms with E-state index in [1.54, 1.807) is 30.5 Å². The van der Waals surface area contributed by atoms with Crippen LogP contribution in [-0.2, 0) is 13.1 Å². The van der Waals surface area contributed by atoms with Gasteiger partial charge in [-0.1, -0.05) is 59.6 Å². The van der Waals surface area contributed by atoms with Crippen LogP contribution in [0.15, 0.2) is 71.7 Å². The molecular weight excluding hydrogens is 371 g/mol. The molecule has 0 fully saturated rings. The van der Waals surface area contributed by atoms with Gasteiger partial charge in [-0.2, -0.15) is 0 Å². The molecule has 1 heterocycles. The summed E-state index contributed by atoms with van der Waals surface area (Å²) in [6.45, 7) is 0.617. The number of amides is 1. The molecule has 0 aliphatic rings. The fraction of sp³-hybridized carbons (Fsp3) is 0.100. The molecule has 2 aromatic carbocycles. The van der Waals surface area contributed by atoms with Gasteiger partial charge in [0.15, 0.2) is 0 Å². The first-order chi connectivity index (χ1) is 12.5. The van der Waals surface area contributed by atoms with Crippen LogP contribution in [-0.4, -0.2) is 10.5 Å². The van der Waals surface area contributed by atoms with Crippen molar-refractivity contribution in [3.63, 3.8) is 0 Å². The molecule has 0 aliphatic carbocycles. The minimum atomic E-state index is -0.441. The number of rotatable bonds is 5. The fourth-order valence-electron chi connectivity index (χ4n) is 2.55. The Hall–Kier alpha value is -2.56. The highest BCUT2D eigenvalue weighted by Crippen LogP contribution is 2.20. The zero-order valence-corrected chi connectivity index (χ0v) is 15.3. The van der Waals surface area contributed by atoms with Crippen molar-refractivity contribution in [2.45, 2.75) is 13.1 Å². The van der Waals surface area contributed by atoms with Crippen molar-refractivity contribution in [1.82, 2.24) is 9.88 Å². The predicted molar refractivity (Wildman–Crippen MR) is 104 cm³/mol. The van der Waals surface area contributed by atoms with Crippen LogP contribution in [0.4, 0.5) is 0 Å². The molecule has 26 heavy (non-hydrogen) atoms. The van der Waals surface area contributed by atoms with Gasteiger partial charge in [-0.3, -0.25) is 9.59 Å². The third-order valence-corrected chi connectivity index (χ3v) is 4.50. The first-order valence-corrected chi connectivity index (χ1v) is 8.75. The summed E-state index contributed by atoms with van der Waals surface area (Å²) in [5.41, 5.74) is 1.47. The summed E-state index contributed by atoms with van der Waals surface area (Å²) in [5.74, 6) is -0.441. The number of nitrogens with one attached hydrogen (secondary N) is 1. The molecule has 3 aromatic rings. The lowest BCUT2D eigenvalue weighted by Gasteiger charge is -2.10. The van der Waals surface area contributed by atoms with E-state index in [0.29, 0.717) is 16.6 Å². The summed E-state index contributed by atoms with van der Waals surface area (Å²) in [4.78, 5) is 25.0. The average molecular weight is 387 g/mol. The van der Waals surface area contributed by atoms with Crippen molar-refractivity contribution in [3.8, 4) is 0 Å². The van der Waals surface area contributed by atoms with Gasteiger partial charge in [0.1, 0.15) is 5.56 Å². The van der Waals surface area contributed by atoms with Crippen LogP contribution in [0.25, 0.3) is 0 Å². The Morgan fingerprint density at radius 3 is 2.50 bits per heavy atom. The Kier molecular flexibility index (Phi) is 5.76. The summed E-state index contributed by atoms with van der Waals surface area (Å²) in [5, 5.41) is 3.72. The third-order valence-electron chi connectivity index (χ3n) is 3.92. The second kappa shape index (κ2) is 8.21. The minimum absolute atomic E-state index is 0.0912. The zero-order chi connectivity index (χ0) is 18.5. The quantitative estimate of drug-likeness (QED) is 0.716. The van der Waals surface area contributed by atoms with Crippen molar-refractivity contribution in [1.29, 1.82) is 0 Å². The molecule has 0 bridgehead atoms. The van der Waals surface area contributed by atoms with E-state index in [1.165, 1.54) is 10.6 Å². The smallest absolute Gasteiger partial charge is 0.263 e. The van der Waals surface area contributed by atoms with E-state index in [-0.39, 0.29) is 17.7 Å². The Balaban J connectivity index is 1.75. The number of halogens is 2. The summed E-state index contributed by atoms with van der Waals surface area (Å²) in [6, 6.07) is 17.9. The molecular formula is C20H16Cl2N2O2. The van der Waals surface area contributed by atoms with Crippen LogP contribution in [0.5, 0.6) is 0 Å². The Morgan fingerprint density at radius 2 is 1.77 bits per heavy atom. The Bertz CT molecular complexity index is 985. The highest BCUT2D eigenvalue weighted by atomic mass is 35.5. The minimum Gasteiger partial charge on any atom is -0.348 e. The fourth-order valence-corrected chi connectivity index (χ4v) is 3.03. The molecule has 4 nitrogen and oxygen atoms in total. The van der Waals surface area contributed by atoms with E-state index in [4.69, 9.17) is 23.2 Å². The topological polar surface area (TPSA) is 51.1 Å². The van der Waals surface area contributed by atoms with Gasteiger partial charge in [-0.15, -0.1) is 0 Å². The Morgan fingerprint density at radius 1 is 1.00 bits per heavy atom. The Labute approximate surface area is 161 Å². The van der Waals surface area contributed by atoms with Crippen molar-refractivity contribution in [2.24, 2.45) is 0 Å². The van der Waals surface area contributed by atoms with Crippen LogP contribution >= 0.6 is 23.2 Å². The highest BCUT2D eigenvalue weighted by molar-refractivity contribution is 6.35. The number of carbonyl (C=O) groups is 1. The molecule has 132 valence electrons. The summed E-state index contributed by atoms with van der Waals surface area (Å²) in [7, 11) is 0. The number of pyridine rings is 1. The molecule has 1 amide bonds. The molecule has 6 heteroatoms. The molecule has 0 saturated carbocycles. The van der Waals surface area contributed by atoms with E-state index in [1.807, 2.05) is 30.3 Å². The molecule has 1 aromatic heterocycles. The number of hydrogen-bond donors (Lipinski definition) is 1. The number of aromatic nitrogens is 1. The average Bonchev–Trinajstić information content (AvgIpc) is 2.63. The van der Waals surface area contributed by atoms with E-state index in [9.17, 15) is 9.59 Å². The normalized spacial score (nSPS) is 10.5. The molecule has 0 atom stereocenters. The van der Waals surface area contributed by atoms with Crippen molar-refractivity contribution >= 4 is 29.1 Å². The first kappa shape index (κ1) is 18.2. The van der Waals surface area contributed by atoms with Gasteiger partial charge in [-0.05, 0) is 35.4 Å². The molecule has 0 spiro atoms. The van der Waals surface area contributed by atoms with Crippen LogP contribution in [0.1, 0.15) is 21.5 Å². The van der Waals surface area contributed by atoms with E-state index >= 15 is 0 Å². The lowest BCUT2D eigenvalue weighted by atomic mass is 10.2. The predicted octanol–water partition coefficient (Wildman–Crippen LogP) is 4.13. The standard InChI is InChI=1S/C20H16Cl2N2O2/c21-16-9-8-15(18(22)11-16)12-23-19(25)17-7-4-10-24(20(17)26)13-14-5-2-1-3-6-14/h1-11H,12-13H2,(H,23,25). The zero-order valence-electron chi connectivity index (χ0n) is 13.8. The van der Waals surface area contributed by atoms with Gasteiger partial charge < -0.3 is 9.88 Å². The highest BCUT2D eigenvalue weighted by Gasteiger charge is 2.13. The molecule has 0 aliphatic heterocycles. The van der Waals surface area contributed by atoms with E-state index < -0.39 is 5.91 Å². The summed E-state index contributed by atoms with van der Waals surface area (Å²) >= 11 is 12.0. The van der Waals surface area contributed by atoms with Gasteiger partial charge in [-0.25, -0.2) is 0 Å². The number of carbonyl (C=O) groups excluding carboxylic acids is 1. The van der Waals surface area contributed by atoms with E-state index in [2.05, 4.69) is 5.32 Å². The maximum absolute atomic E-state index is 12.6. The molecule has 3 rings (SSSR count). The molecule has 0 saturated heterocycles. The van der Waals surface area contributed by atoms with Crippen LogP contribution in [0.2, 0.25) is 10.0 Å². The maximum atomic E-state index is 12.6. The first-order valence-electron chi connectivity index (χ1n) is 8.00. The largest absolute Gasteiger partial charge is 0.348 e. The van der Waals surface area contributed by atoms with Crippen molar-refractivity contribution < 1.29 is 4.79 Å². The number of nitrogens with zero attached hydrogens (tertiary/aromatic N) is 1. The summed E-state index contributed by atoms with van der Waals surface area (Å²) < 4.78 is 1.51. The van der Waals surface area contributed by atoms with Crippen LogP contribution < -0.4 is 10.9 Å². The third kappa shape index (κ3) is 4.34. The van der Waals surface area contributed by atoms with Crippen LogP contribution in [0.3, 0.4) is 0 Å². The van der Waals surface area contributed by atoms with Gasteiger partial charge >= 0.3 is 0 Å². The second-order valence-corrected chi connectivity index (χ2v) is 6.60. The van der Waals surface area contributed by atoms with Crippen LogP contribution in [0, 0.1) is 0 Å². The van der Waals surface area contributed by atoms with Crippen molar-refractivity contribution in [2.75, 3.05) is 0 Å². The molecule has 1 N–H and O–H groups in total. The molecule has 0 radical (unpaired) electrons. The van der Waals surface area contributed by atoms with Gasteiger partial charge in [0, 0.05) is 22.8 Å². The van der Waals surface area contributed by atoms with E-state index in [0.717, 1.165) is 11.1 Å². The lowest BCUT2D eigenvalue weighted by molar-refractivity contribution is 0.0949.